The molecule has 2 unspecified atom stereocenters. The van der Waals surface area contributed by atoms with Crippen LogP contribution in [0.4, 0.5) is 10.1 Å². The predicted molar refractivity (Wildman–Crippen MR) is 126 cm³/mol. The number of halogens is 1. The van der Waals surface area contributed by atoms with Gasteiger partial charge in [0.1, 0.15) is 0 Å². The lowest BCUT2D eigenvalue weighted by molar-refractivity contribution is -0.139. The van der Waals surface area contributed by atoms with Crippen molar-refractivity contribution in [1.29, 1.82) is 0 Å². The Morgan fingerprint density at radius 2 is 1.80 bits per heavy atom. The molecule has 0 saturated heterocycles. The summed E-state index contributed by atoms with van der Waals surface area (Å²) in [6.07, 6.45) is 4.99. The molecule has 3 N–H and O–H groups in total. The van der Waals surface area contributed by atoms with Crippen LogP contribution in [0.25, 0.3) is 0 Å². The summed E-state index contributed by atoms with van der Waals surface area (Å²) in [4.78, 5) is 45.1. The van der Waals surface area contributed by atoms with E-state index in [2.05, 4.69) is 4.98 Å². The number of carbonyl (C=O) groups excluding carboxylic acids is 3. The van der Waals surface area contributed by atoms with E-state index in [9.17, 15) is 23.9 Å². The van der Waals surface area contributed by atoms with E-state index in [1.807, 2.05) is 0 Å². The van der Waals surface area contributed by atoms with Crippen LogP contribution >= 0.6 is 0 Å². The molecule has 2 atom stereocenters. The molecule has 35 heavy (non-hydrogen) atoms. The molecule has 4 aliphatic carbocycles. The van der Waals surface area contributed by atoms with Crippen LogP contribution in [0.2, 0.25) is 0 Å². The van der Waals surface area contributed by atoms with Crippen molar-refractivity contribution in [3.63, 3.8) is 0 Å². The van der Waals surface area contributed by atoms with Crippen LogP contribution in [0.1, 0.15) is 69.8 Å². The molecule has 4 fully saturated rings. The number of hydrogen-bond donors (Lipinski definition) is 2. The first-order chi connectivity index (χ1) is 16.4. The summed E-state index contributed by atoms with van der Waals surface area (Å²) in [5.41, 5.74) is 6.67. The van der Waals surface area contributed by atoms with Crippen molar-refractivity contribution in [2.75, 3.05) is 4.90 Å². The van der Waals surface area contributed by atoms with Gasteiger partial charge in [-0.15, -0.1) is 0 Å². The van der Waals surface area contributed by atoms with E-state index in [-0.39, 0.29) is 34.7 Å². The summed E-state index contributed by atoms with van der Waals surface area (Å²) in [6.45, 7) is 4.86. The summed E-state index contributed by atoms with van der Waals surface area (Å²) in [5, 5.41) is 11.1. The maximum atomic E-state index is 14.0. The van der Waals surface area contributed by atoms with E-state index in [4.69, 9.17) is 5.73 Å². The number of pyridine rings is 1. The first-order valence-electron chi connectivity index (χ1n) is 12.1. The van der Waals surface area contributed by atoms with E-state index in [0.29, 0.717) is 35.7 Å². The molecule has 4 saturated carbocycles. The highest BCUT2D eigenvalue weighted by atomic mass is 19.1. The SMILES string of the molecule is Cc1cc(N(C(=O)C(=O)c2c(C)c(C(N)=O)c(C)n2C)C2C3CC4CC2CC(O)(C4)C3)cnc1F. The number of amides is 2. The monoisotopic (exact) mass is 482 g/mol. The zero-order valence-electron chi connectivity index (χ0n) is 20.5. The Morgan fingerprint density at radius 1 is 1.17 bits per heavy atom. The molecular formula is C26H31FN4O4. The number of aromatic nitrogens is 2. The van der Waals surface area contributed by atoms with Gasteiger partial charge in [-0.05, 0) is 82.3 Å². The lowest BCUT2D eigenvalue weighted by atomic mass is 9.52. The number of hydrogen-bond acceptors (Lipinski definition) is 5. The van der Waals surface area contributed by atoms with Gasteiger partial charge in [-0.25, -0.2) is 4.98 Å². The zero-order valence-corrected chi connectivity index (χ0v) is 20.5. The van der Waals surface area contributed by atoms with Gasteiger partial charge < -0.3 is 20.3 Å². The van der Waals surface area contributed by atoms with Gasteiger partial charge in [0.2, 0.25) is 5.95 Å². The molecule has 9 heteroatoms. The van der Waals surface area contributed by atoms with Gasteiger partial charge in [-0.3, -0.25) is 14.4 Å². The molecule has 2 amide bonds. The van der Waals surface area contributed by atoms with Gasteiger partial charge in [0.05, 0.1) is 28.7 Å². The number of nitrogens with zero attached hydrogens (tertiary/aromatic N) is 3. The Balaban J connectivity index is 1.60. The lowest BCUT2D eigenvalue weighted by Crippen LogP contribution is -2.63. The molecule has 2 heterocycles. The second kappa shape index (κ2) is 7.98. The van der Waals surface area contributed by atoms with Crippen molar-refractivity contribution in [2.24, 2.45) is 30.5 Å². The second-order valence-electron chi connectivity index (χ2n) is 10.8. The minimum atomic E-state index is -0.755. The molecule has 2 aromatic heterocycles. The summed E-state index contributed by atoms with van der Waals surface area (Å²) in [5.74, 6) is -2.32. The Labute approximate surface area is 203 Å². The Hall–Kier alpha value is -3.07. The van der Waals surface area contributed by atoms with Crippen LogP contribution in [0.15, 0.2) is 12.3 Å². The fourth-order valence-electron chi connectivity index (χ4n) is 7.35. The van der Waals surface area contributed by atoms with Gasteiger partial charge in [0.15, 0.2) is 0 Å². The van der Waals surface area contributed by atoms with E-state index in [1.165, 1.54) is 15.7 Å². The van der Waals surface area contributed by atoms with Gasteiger partial charge in [-0.2, -0.15) is 4.39 Å². The van der Waals surface area contributed by atoms with Crippen molar-refractivity contribution >= 4 is 23.3 Å². The van der Waals surface area contributed by atoms with Crippen LogP contribution in [0.5, 0.6) is 0 Å². The maximum absolute atomic E-state index is 14.0. The third-order valence-corrected chi connectivity index (χ3v) is 8.57. The molecule has 0 aromatic carbocycles. The Bertz CT molecular complexity index is 1250. The van der Waals surface area contributed by atoms with Crippen molar-refractivity contribution in [2.45, 2.75) is 64.5 Å². The number of aliphatic hydroxyl groups is 1. The summed E-state index contributed by atoms with van der Waals surface area (Å²) in [7, 11) is 1.63. The highest BCUT2D eigenvalue weighted by Gasteiger charge is 2.57. The van der Waals surface area contributed by atoms with Crippen LogP contribution in [-0.2, 0) is 11.8 Å². The molecule has 2 aromatic rings. The highest BCUT2D eigenvalue weighted by Crippen LogP contribution is 2.57. The Kier molecular flexibility index (Phi) is 5.39. The predicted octanol–water partition coefficient (Wildman–Crippen LogP) is 2.74. The van der Waals surface area contributed by atoms with E-state index >= 15 is 0 Å². The fraction of sp³-hybridized carbons (Fsp3) is 0.538. The third-order valence-electron chi connectivity index (χ3n) is 8.57. The number of rotatable bonds is 5. The molecule has 6 rings (SSSR count). The van der Waals surface area contributed by atoms with Crippen LogP contribution in [-0.4, -0.2) is 43.9 Å². The Morgan fingerprint density at radius 3 is 2.31 bits per heavy atom. The van der Waals surface area contributed by atoms with Crippen molar-refractivity contribution in [1.82, 2.24) is 9.55 Å². The zero-order chi connectivity index (χ0) is 25.4. The standard InChI is InChI=1S/C26H31FN4O4/c1-12-5-18(11-29-23(12)27)31(21-16-6-15-7-17(21)10-26(35,8-15)9-16)25(34)22(32)20-13(2)19(24(28)33)14(3)30(20)4/h5,11,15-17,21,35H,6-10H2,1-4H3,(H2,28,33). The van der Waals surface area contributed by atoms with Gasteiger partial charge in [0, 0.05) is 24.3 Å². The average molecular weight is 483 g/mol. The topological polar surface area (TPSA) is 119 Å². The molecule has 186 valence electrons. The molecule has 0 radical (unpaired) electrons. The van der Waals surface area contributed by atoms with Crippen LogP contribution < -0.4 is 10.6 Å². The van der Waals surface area contributed by atoms with Crippen molar-refractivity contribution < 1.29 is 23.9 Å². The minimum Gasteiger partial charge on any atom is -0.390 e. The quantitative estimate of drug-likeness (QED) is 0.386. The van der Waals surface area contributed by atoms with Gasteiger partial charge >= 0.3 is 5.91 Å². The minimum absolute atomic E-state index is 0.0331. The smallest absolute Gasteiger partial charge is 0.301 e. The van der Waals surface area contributed by atoms with Gasteiger partial charge in [0.25, 0.3) is 11.7 Å². The van der Waals surface area contributed by atoms with E-state index in [1.54, 1.807) is 33.9 Å². The van der Waals surface area contributed by atoms with Crippen molar-refractivity contribution in [3.8, 4) is 0 Å². The first kappa shape index (κ1) is 23.7. The molecular weight excluding hydrogens is 451 g/mol. The van der Waals surface area contributed by atoms with E-state index < -0.39 is 29.1 Å². The third kappa shape index (κ3) is 3.59. The largest absolute Gasteiger partial charge is 0.390 e. The van der Waals surface area contributed by atoms with E-state index in [0.717, 1.165) is 19.3 Å². The number of ketones is 1. The number of primary amides is 1. The summed E-state index contributed by atoms with van der Waals surface area (Å²) < 4.78 is 15.6. The molecule has 8 nitrogen and oxygen atoms in total. The summed E-state index contributed by atoms with van der Waals surface area (Å²) in [6, 6.07) is 1.25. The second-order valence-corrected chi connectivity index (χ2v) is 10.8. The fourth-order valence-corrected chi connectivity index (χ4v) is 7.35. The van der Waals surface area contributed by atoms with Gasteiger partial charge in [-0.1, -0.05) is 0 Å². The number of carbonyl (C=O) groups is 3. The van der Waals surface area contributed by atoms with Crippen LogP contribution in [0.3, 0.4) is 0 Å². The van der Waals surface area contributed by atoms with Crippen molar-refractivity contribution in [3.05, 3.63) is 46.3 Å². The number of aryl methyl sites for hydroxylation is 1. The number of anilines is 1. The average Bonchev–Trinajstić information content (AvgIpc) is 2.99. The number of Topliss-reactive ketones (excluding diaryl/α,β-unsaturated/α-hetero) is 1. The highest BCUT2D eigenvalue weighted by molar-refractivity contribution is 6.47. The molecule has 0 spiro atoms. The maximum Gasteiger partial charge on any atom is 0.301 e. The first-order valence-corrected chi connectivity index (χ1v) is 12.1. The summed E-state index contributed by atoms with van der Waals surface area (Å²) >= 11 is 0. The normalized spacial score (nSPS) is 28.9. The number of nitrogens with two attached hydrogens (primary N) is 1. The molecule has 4 aliphatic rings. The van der Waals surface area contributed by atoms with Crippen LogP contribution in [0, 0.1) is 44.5 Å². The molecule has 4 bridgehead atoms. The molecule has 0 aliphatic heterocycles. The lowest BCUT2D eigenvalue weighted by Gasteiger charge is -2.60.